The quantitative estimate of drug-likeness (QED) is 0.764. The van der Waals surface area contributed by atoms with E-state index in [9.17, 15) is 9.59 Å². The topological polar surface area (TPSA) is 64.6 Å². The van der Waals surface area contributed by atoms with E-state index >= 15 is 0 Å². The van der Waals surface area contributed by atoms with E-state index in [0.717, 1.165) is 0 Å². The Bertz CT molecular complexity index is 390. The average Bonchev–Trinajstić information content (AvgIpc) is 2.25. The van der Waals surface area contributed by atoms with Crippen LogP contribution in [0.2, 0.25) is 0 Å². The summed E-state index contributed by atoms with van der Waals surface area (Å²) in [6.45, 7) is 5.38. The Hall–Kier alpha value is -1.78. The van der Waals surface area contributed by atoms with E-state index in [1.54, 1.807) is 39.0 Å². The Labute approximate surface area is 107 Å². The van der Waals surface area contributed by atoms with Gasteiger partial charge in [0.25, 0.3) is 0 Å². The highest BCUT2D eigenvalue weighted by molar-refractivity contribution is 5.89. The lowest BCUT2D eigenvalue weighted by Gasteiger charge is -2.23. The molecule has 0 saturated heterocycles. The van der Waals surface area contributed by atoms with Crippen molar-refractivity contribution in [2.75, 3.05) is 7.11 Å². The van der Waals surface area contributed by atoms with Gasteiger partial charge in [-0.3, -0.25) is 0 Å². The van der Waals surface area contributed by atoms with Crippen LogP contribution < -0.4 is 5.32 Å². The number of nitrogens with one attached hydrogen (secondary N) is 1. The molecular weight excluding hydrogens is 234 g/mol. The molecule has 1 aliphatic rings. The molecule has 18 heavy (non-hydrogen) atoms. The SMILES string of the molecule is COC(=O)C1=CC=C[C@@H](NC(=O)OC(C)(C)C)C1. The Kier molecular flexibility index (Phi) is 4.53. The zero-order valence-corrected chi connectivity index (χ0v) is 11.1. The highest BCUT2D eigenvalue weighted by Gasteiger charge is 2.22. The van der Waals surface area contributed by atoms with E-state index in [0.29, 0.717) is 12.0 Å². The first-order valence-corrected chi connectivity index (χ1v) is 5.77. The van der Waals surface area contributed by atoms with Crippen LogP contribution in [0.15, 0.2) is 23.8 Å². The highest BCUT2D eigenvalue weighted by Crippen LogP contribution is 2.15. The standard InChI is InChI=1S/C13H19NO4/c1-13(2,3)18-12(16)14-10-7-5-6-9(8-10)11(15)17-4/h5-7,10H,8H2,1-4H3,(H,14,16)/t10-/m1/s1. The van der Waals surface area contributed by atoms with Crippen LogP contribution in [0.3, 0.4) is 0 Å². The van der Waals surface area contributed by atoms with Crippen LogP contribution in [0.4, 0.5) is 4.79 Å². The molecule has 0 unspecified atom stereocenters. The molecule has 0 aromatic carbocycles. The Balaban J connectivity index is 2.52. The molecule has 1 N–H and O–H groups in total. The fraction of sp³-hybridized carbons (Fsp3) is 0.538. The van der Waals surface area contributed by atoms with Gasteiger partial charge in [-0.15, -0.1) is 0 Å². The highest BCUT2D eigenvalue weighted by atomic mass is 16.6. The van der Waals surface area contributed by atoms with Gasteiger partial charge in [-0.2, -0.15) is 0 Å². The molecule has 0 aromatic heterocycles. The van der Waals surface area contributed by atoms with Gasteiger partial charge in [0.15, 0.2) is 0 Å². The molecule has 1 amide bonds. The molecule has 100 valence electrons. The van der Waals surface area contributed by atoms with Crippen molar-refractivity contribution in [1.82, 2.24) is 5.32 Å². The van der Waals surface area contributed by atoms with Gasteiger partial charge in [0.05, 0.1) is 13.2 Å². The molecule has 1 atom stereocenters. The number of carbonyl (C=O) groups is 2. The number of rotatable bonds is 2. The van der Waals surface area contributed by atoms with Crippen molar-refractivity contribution < 1.29 is 19.1 Å². The molecule has 0 radical (unpaired) electrons. The van der Waals surface area contributed by atoms with Crippen LogP contribution in [-0.2, 0) is 14.3 Å². The first-order chi connectivity index (χ1) is 8.31. The zero-order valence-electron chi connectivity index (χ0n) is 11.1. The second-order valence-electron chi connectivity index (χ2n) is 5.03. The van der Waals surface area contributed by atoms with E-state index in [1.807, 2.05) is 0 Å². The monoisotopic (exact) mass is 253 g/mol. The number of ether oxygens (including phenoxy) is 2. The maximum absolute atomic E-state index is 11.6. The molecular formula is C13H19NO4. The lowest BCUT2D eigenvalue weighted by Crippen LogP contribution is -2.39. The van der Waals surface area contributed by atoms with Crippen molar-refractivity contribution >= 4 is 12.1 Å². The van der Waals surface area contributed by atoms with Crippen molar-refractivity contribution in [2.24, 2.45) is 0 Å². The lowest BCUT2D eigenvalue weighted by molar-refractivity contribution is -0.136. The van der Waals surface area contributed by atoms with E-state index in [4.69, 9.17) is 4.74 Å². The first kappa shape index (κ1) is 14.3. The van der Waals surface area contributed by atoms with Gasteiger partial charge in [-0.05, 0) is 20.8 Å². The van der Waals surface area contributed by atoms with Gasteiger partial charge in [-0.1, -0.05) is 18.2 Å². The summed E-state index contributed by atoms with van der Waals surface area (Å²) >= 11 is 0. The molecule has 0 saturated carbocycles. The summed E-state index contributed by atoms with van der Waals surface area (Å²) in [6.07, 6.45) is 5.11. The fourth-order valence-corrected chi connectivity index (χ4v) is 1.52. The van der Waals surface area contributed by atoms with Gasteiger partial charge in [0.2, 0.25) is 0 Å². The van der Waals surface area contributed by atoms with Gasteiger partial charge in [0, 0.05) is 12.0 Å². The maximum Gasteiger partial charge on any atom is 0.408 e. The van der Waals surface area contributed by atoms with Crippen LogP contribution in [-0.4, -0.2) is 30.8 Å². The Morgan fingerprint density at radius 3 is 2.61 bits per heavy atom. The number of methoxy groups -OCH3 is 1. The number of hydrogen-bond donors (Lipinski definition) is 1. The molecule has 0 aromatic rings. The van der Waals surface area contributed by atoms with Crippen LogP contribution in [0.25, 0.3) is 0 Å². The summed E-state index contributed by atoms with van der Waals surface area (Å²) < 4.78 is 9.78. The summed E-state index contributed by atoms with van der Waals surface area (Å²) in [6, 6.07) is -0.251. The van der Waals surface area contributed by atoms with Crippen molar-refractivity contribution in [2.45, 2.75) is 38.8 Å². The number of carbonyl (C=O) groups excluding carboxylic acids is 2. The zero-order chi connectivity index (χ0) is 13.8. The minimum Gasteiger partial charge on any atom is -0.466 e. The molecule has 0 spiro atoms. The number of esters is 1. The third kappa shape index (κ3) is 4.61. The summed E-state index contributed by atoms with van der Waals surface area (Å²) in [5.41, 5.74) is -0.00945. The predicted octanol–water partition coefficient (Wildman–Crippen LogP) is 1.94. The average molecular weight is 253 g/mol. The number of allylic oxidation sites excluding steroid dienone is 2. The number of amides is 1. The van der Waals surface area contributed by atoms with Crippen LogP contribution in [0.5, 0.6) is 0 Å². The molecule has 1 rings (SSSR count). The molecule has 0 fully saturated rings. The summed E-state index contributed by atoms with van der Waals surface area (Å²) in [5, 5.41) is 2.69. The van der Waals surface area contributed by atoms with E-state index in [2.05, 4.69) is 10.1 Å². The Morgan fingerprint density at radius 1 is 1.39 bits per heavy atom. The van der Waals surface area contributed by atoms with Crippen LogP contribution in [0.1, 0.15) is 27.2 Å². The van der Waals surface area contributed by atoms with Crippen molar-refractivity contribution in [3.63, 3.8) is 0 Å². The molecule has 5 heteroatoms. The smallest absolute Gasteiger partial charge is 0.408 e. The van der Waals surface area contributed by atoms with E-state index < -0.39 is 11.7 Å². The van der Waals surface area contributed by atoms with Crippen LogP contribution >= 0.6 is 0 Å². The fourth-order valence-electron chi connectivity index (χ4n) is 1.52. The maximum atomic E-state index is 11.6. The number of alkyl carbamates (subject to hydrolysis) is 1. The Morgan fingerprint density at radius 2 is 2.06 bits per heavy atom. The van der Waals surface area contributed by atoms with Gasteiger partial charge in [0.1, 0.15) is 5.60 Å². The van der Waals surface area contributed by atoms with Crippen molar-refractivity contribution in [3.8, 4) is 0 Å². The summed E-state index contributed by atoms with van der Waals surface area (Å²) in [5.74, 6) is -0.379. The van der Waals surface area contributed by atoms with Crippen molar-refractivity contribution in [1.29, 1.82) is 0 Å². The second kappa shape index (κ2) is 5.71. The van der Waals surface area contributed by atoms with Crippen molar-refractivity contribution in [3.05, 3.63) is 23.8 Å². The summed E-state index contributed by atoms with van der Waals surface area (Å²) in [7, 11) is 1.33. The number of hydrogen-bond acceptors (Lipinski definition) is 4. The minimum absolute atomic E-state index is 0.251. The normalized spacial score (nSPS) is 18.9. The van der Waals surface area contributed by atoms with Gasteiger partial charge >= 0.3 is 12.1 Å². The molecule has 5 nitrogen and oxygen atoms in total. The van der Waals surface area contributed by atoms with E-state index in [-0.39, 0.29) is 12.0 Å². The largest absolute Gasteiger partial charge is 0.466 e. The van der Waals surface area contributed by atoms with Crippen LogP contribution in [0, 0.1) is 0 Å². The second-order valence-corrected chi connectivity index (χ2v) is 5.03. The molecule has 1 aliphatic carbocycles. The molecule has 0 heterocycles. The molecule has 0 aliphatic heterocycles. The van der Waals surface area contributed by atoms with Gasteiger partial charge in [-0.25, -0.2) is 9.59 Å². The van der Waals surface area contributed by atoms with Gasteiger partial charge < -0.3 is 14.8 Å². The predicted molar refractivity (Wildman–Crippen MR) is 67.0 cm³/mol. The first-order valence-electron chi connectivity index (χ1n) is 5.77. The third-order valence-electron chi connectivity index (χ3n) is 2.23. The molecule has 0 bridgehead atoms. The lowest BCUT2D eigenvalue weighted by atomic mass is 10.0. The minimum atomic E-state index is -0.538. The van der Waals surface area contributed by atoms with E-state index in [1.165, 1.54) is 7.11 Å². The summed E-state index contributed by atoms with van der Waals surface area (Å²) in [4.78, 5) is 22.9. The third-order valence-corrected chi connectivity index (χ3v) is 2.23.